The van der Waals surface area contributed by atoms with Gasteiger partial charge in [0.1, 0.15) is 5.60 Å². The maximum atomic E-state index is 10.5. The lowest BCUT2D eigenvalue weighted by Crippen LogP contribution is -2.45. The second kappa shape index (κ2) is 7.23. The molecule has 0 atom stereocenters. The van der Waals surface area contributed by atoms with Gasteiger partial charge in [0.05, 0.1) is 5.97 Å². The van der Waals surface area contributed by atoms with Crippen LogP contribution in [0.2, 0.25) is 0 Å². The molecule has 0 saturated heterocycles. The Morgan fingerprint density at radius 3 is 2.36 bits per heavy atom. The fourth-order valence-corrected chi connectivity index (χ4v) is 1.33. The van der Waals surface area contributed by atoms with E-state index in [1.165, 1.54) is 13.8 Å². The third-order valence-electron chi connectivity index (χ3n) is 1.98. The lowest BCUT2D eigenvalue weighted by atomic mass is 10.1. The van der Waals surface area contributed by atoms with Crippen molar-refractivity contribution >= 4 is 21.9 Å². The van der Waals surface area contributed by atoms with Crippen molar-refractivity contribution in [2.75, 3.05) is 11.9 Å². The van der Waals surface area contributed by atoms with E-state index in [1.54, 1.807) is 0 Å². The minimum Gasteiger partial charge on any atom is -0.547 e. The molecular formula is C10H18BrO3-. The summed E-state index contributed by atoms with van der Waals surface area (Å²) in [5.74, 6) is -1.15. The number of hydrogen-bond acceptors (Lipinski definition) is 3. The van der Waals surface area contributed by atoms with Gasteiger partial charge in [-0.2, -0.15) is 0 Å². The molecule has 0 aliphatic heterocycles. The SMILES string of the molecule is CC(C)(OCCCCCCBr)C(=O)[O-]. The van der Waals surface area contributed by atoms with Gasteiger partial charge in [-0.15, -0.1) is 0 Å². The van der Waals surface area contributed by atoms with E-state index in [0.29, 0.717) is 6.61 Å². The Bertz CT molecular complexity index is 169. The highest BCUT2D eigenvalue weighted by atomic mass is 79.9. The van der Waals surface area contributed by atoms with Crippen molar-refractivity contribution in [3.8, 4) is 0 Å². The van der Waals surface area contributed by atoms with Gasteiger partial charge < -0.3 is 14.6 Å². The molecule has 0 bridgehead atoms. The molecule has 4 heteroatoms. The molecule has 3 nitrogen and oxygen atoms in total. The number of carboxylic acid groups (broad SMARTS) is 1. The number of unbranched alkanes of at least 4 members (excludes halogenated alkanes) is 3. The first kappa shape index (κ1) is 13.9. The monoisotopic (exact) mass is 265 g/mol. The molecule has 0 rings (SSSR count). The van der Waals surface area contributed by atoms with Gasteiger partial charge in [-0.25, -0.2) is 0 Å². The average Bonchev–Trinajstić information content (AvgIpc) is 2.10. The van der Waals surface area contributed by atoms with Crippen LogP contribution in [0.3, 0.4) is 0 Å². The van der Waals surface area contributed by atoms with E-state index >= 15 is 0 Å². The molecule has 0 aliphatic rings. The molecule has 14 heavy (non-hydrogen) atoms. The zero-order chi connectivity index (χ0) is 11.0. The van der Waals surface area contributed by atoms with Crippen LogP contribution in [0.5, 0.6) is 0 Å². The van der Waals surface area contributed by atoms with Crippen molar-refractivity contribution < 1.29 is 14.6 Å². The van der Waals surface area contributed by atoms with E-state index in [2.05, 4.69) is 15.9 Å². The van der Waals surface area contributed by atoms with Gasteiger partial charge >= 0.3 is 0 Å². The number of hydrogen-bond donors (Lipinski definition) is 0. The first-order valence-electron chi connectivity index (χ1n) is 4.92. The van der Waals surface area contributed by atoms with Gasteiger partial charge in [0.25, 0.3) is 0 Å². The number of rotatable bonds is 8. The summed E-state index contributed by atoms with van der Waals surface area (Å²) in [5.41, 5.74) is -1.16. The summed E-state index contributed by atoms with van der Waals surface area (Å²) in [7, 11) is 0. The number of carboxylic acids is 1. The fourth-order valence-electron chi connectivity index (χ4n) is 0.936. The maximum Gasteiger partial charge on any atom is 0.102 e. The predicted molar refractivity (Wildman–Crippen MR) is 57.3 cm³/mol. The second-order valence-electron chi connectivity index (χ2n) is 3.75. The highest BCUT2D eigenvalue weighted by Crippen LogP contribution is 2.09. The molecule has 0 spiro atoms. The molecule has 0 heterocycles. The summed E-state index contributed by atoms with van der Waals surface area (Å²) in [5, 5.41) is 11.6. The molecule has 0 aliphatic carbocycles. The van der Waals surface area contributed by atoms with Gasteiger partial charge in [-0.05, 0) is 26.7 Å². The Morgan fingerprint density at radius 2 is 1.86 bits per heavy atom. The van der Waals surface area contributed by atoms with E-state index < -0.39 is 11.6 Å². The molecule has 0 fully saturated rings. The average molecular weight is 266 g/mol. The molecular weight excluding hydrogens is 248 g/mol. The Hall–Kier alpha value is -0.0900. The third kappa shape index (κ3) is 6.38. The summed E-state index contributed by atoms with van der Waals surface area (Å²) < 4.78 is 5.20. The van der Waals surface area contributed by atoms with Crippen LogP contribution >= 0.6 is 15.9 Å². The molecule has 0 aromatic heterocycles. The minimum absolute atomic E-state index is 0.489. The molecule has 0 N–H and O–H groups in total. The standard InChI is InChI=1S/C10H19BrO3/c1-10(2,9(12)13)14-8-6-4-3-5-7-11/h3-8H2,1-2H3,(H,12,13)/p-1. The van der Waals surface area contributed by atoms with Crippen LogP contribution in [0.1, 0.15) is 39.5 Å². The summed E-state index contributed by atoms with van der Waals surface area (Å²) >= 11 is 3.35. The van der Waals surface area contributed by atoms with Crippen LogP contribution in [-0.2, 0) is 9.53 Å². The number of ether oxygens (including phenoxy) is 1. The zero-order valence-electron chi connectivity index (χ0n) is 8.85. The normalized spacial score (nSPS) is 11.6. The van der Waals surface area contributed by atoms with Crippen LogP contribution in [0.25, 0.3) is 0 Å². The van der Waals surface area contributed by atoms with Gasteiger partial charge in [-0.1, -0.05) is 28.8 Å². The second-order valence-corrected chi connectivity index (χ2v) is 4.54. The Morgan fingerprint density at radius 1 is 1.29 bits per heavy atom. The molecule has 0 amide bonds. The summed E-state index contributed by atoms with van der Waals surface area (Å²) in [6.45, 7) is 3.52. The van der Waals surface area contributed by atoms with Crippen LogP contribution in [0, 0.1) is 0 Å². The first-order chi connectivity index (χ1) is 6.50. The quantitative estimate of drug-likeness (QED) is 0.494. The molecule has 0 saturated carbocycles. The molecule has 0 aromatic rings. The van der Waals surface area contributed by atoms with Gasteiger partial charge in [-0.3, -0.25) is 0 Å². The van der Waals surface area contributed by atoms with Crippen molar-refractivity contribution in [1.29, 1.82) is 0 Å². The molecule has 84 valence electrons. The summed E-state index contributed by atoms with van der Waals surface area (Å²) in [4.78, 5) is 10.5. The topological polar surface area (TPSA) is 49.4 Å². The number of aliphatic carboxylic acids is 1. The lowest BCUT2D eigenvalue weighted by Gasteiger charge is -2.26. The lowest BCUT2D eigenvalue weighted by molar-refractivity contribution is -0.325. The molecule has 0 aromatic carbocycles. The minimum atomic E-state index is -1.16. The molecule has 0 radical (unpaired) electrons. The summed E-state index contributed by atoms with van der Waals surface area (Å²) in [6.07, 6.45) is 4.29. The van der Waals surface area contributed by atoms with Crippen molar-refractivity contribution in [3.63, 3.8) is 0 Å². The number of carbonyl (C=O) groups excluding carboxylic acids is 1. The van der Waals surface area contributed by atoms with Gasteiger partial charge in [0.2, 0.25) is 0 Å². The smallest absolute Gasteiger partial charge is 0.102 e. The van der Waals surface area contributed by atoms with E-state index in [0.717, 1.165) is 31.0 Å². The third-order valence-corrected chi connectivity index (χ3v) is 2.54. The van der Waals surface area contributed by atoms with Crippen LogP contribution < -0.4 is 5.11 Å². The van der Waals surface area contributed by atoms with E-state index in [9.17, 15) is 9.90 Å². The van der Waals surface area contributed by atoms with Crippen LogP contribution in [0.15, 0.2) is 0 Å². The summed E-state index contributed by atoms with van der Waals surface area (Å²) in [6, 6.07) is 0. The Balaban J connectivity index is 3.40. The predicted octanol–water partition coefficient (Wildman–Crippen LogP) is 1.49. The number of halogens is 1. The fraction of sp³-hybridized carbons (Fsp3) is 0.900. The van der Waals surface area contributed by atoms with E-state index in [4.69, 9.17) is 4.74 Å². The van der Waals surface area contributed by atoms with E-state index in [1.807, 2.05) is 0 Å². The van der Waals surface area contributed by atoms with Crippen molar-refractivity contribution in [2.45, 2.75) is 45.1 Å². The molecule has 0 unspecified atom stereocenters. The Kier molecular flexibility index (Phi) is 7.19. The van der Waals surface area contributed by atoms with Gasteiger partial charge in [0, 0.05) is 11.9 Å². The van der Waals surface area contributed by atoms with Crippen molar-refractivity contribution in [3.05, 3.63) is 0 Å². The number of carbonyl (C=O) groups is 1. The van der Waals surface area contributed by atoms with Crippen molar-refractivity contribution in [1.82, 2.24) is 0 Å². The van der Waals surface area contributed by atoms with Crippen molar-refractivity contribution in [2.24, 2.45) is 0 Å². The highest BCUT2D eigenvalue weighted by molar-refractivity contribution is 9.09. The first-order valence-corrected chi connectivity index (χ1v) is 6.04. The number of alkyl halides is 1. The zero-order valence-corrected chi connectivity index (χ0v) is 10.4. The maximum absolute atomic E-state index is 10.5. The van der Waals surface area contributed by atoms with Crippen LogP contribution in [0.4, 0.5) is 0 Å². The largest absolute Gasteiger partial charge is 0.547 e. The van der Waals surface area contributed by atoms with E-state index in [-0.39, 0.29) is 0 Å². The van der Waals surface area contributed by atoms with Crippen LogP contribution in [-0.4, -0.2) is 23.5 Å². The highest BCUT2D eigenvalue weighted by Gasteiger charge is 2.18. The Labute approximate surface area is 94.0 Å². The van der Waals surface area contributed by atoms with Gasteiger partial charge in [0.15, 0.2) is 0 Å².